The SMILES string of the molecule is OC[C@H]1OC(c2ccco2)[C@H](O)[C@@H](O)[C@@H]1O. The molecule has 0 amide bonds. The lowest BCUT2D eigenvalue weighted by molar-refractivity contribution is -0.235. The third-order valence-electron chi connectivity index (χ3n) is 2.72. The van der Waals surface area contributed by atoms with Crippen LogP contribution in [0.3, 0.4) is 0 Å². The monoisotopic (exact) mass is 230 g/mol. The van der Waals surface area contributed by atoms with Gasteiger partial charge in [0.05, 0.1) is 12.9 Å². The lowest BCUT2D eigenvalue weighted by Gasteiger charge is -2.39. The Balaban J connectivity index is 2.20. The van der Waals surface area contributed by atoms with E-state index in [-0.39, 0.29) is 0 Å². The van der Waals surface area contributed by atoms with E-state index in [0.29, 0.717) is 5.76 Å². The standard InChI is InChI=1S/C10H14O6/c11-4-6-7(12)8(13)9(14)10(16-6)5-2-1-3-15-5/h1-3,6-14H,4H2/t6-,7-,8+,9-,10?/m1/s1. The highest BCUT2D eigenvalue weighted by Gasteiger charge is 2.44. The second kappa shape index (κ2) is 4.52. The molecule has 6 heteroatoms. The van der Waals surface area contributed by atoms with Gasteiger partial charge in [0, 0.05) is 0 Å². The number of aliphatic hydroxyl groups excluding tert-OH is 4. The maximum Gasteiger partial charge on any atom is 0.144 e. The molecule has 4 N–H and O–H groups in total. The van der Waals surface area contributed by atoms with Crippen LogP contribution in [0.1, 0.15) is 11.9 Å². The first-order valence-electron chi connectivity index (χ1n) is 4.99. The molecule has 0 aromatic carbocycles. The molecular weight excluding hydrogens is 216 g/mol. The van der Waals surface area contributed by atoms with Gasteiger partial charge in [0.1, 0.15) is 36.3 Å². The average molecular weight is 230 g/mol. The highest BCUT2D eigenvalue weighted by atomic mass is 16.6. The van der Waals surface area contributed by atoms with Gasteiger partial charge in [-0.3, -0.25) is 0 Å². The van der Waals surface area contributed by atoms with Crippen molar-refractivity contribution in [1.29, 1.82) is 0 Å². The molecule has 1 saturated heterocycles. The molecule has 0 saturated carbocycles. The van der Waals surface area contributed by atoms with E-state index >= 15 is 0 Å². The van der Waals surface area contributed by atoms with E-state index in [4.69, 9.17) is 14.3 Å². The van der Waals surface area contributed by atoms with Gasteiger partial charge in [0.2, 0.25) is 0 Å². The minimum absolute atomic E-state index is 0.344. The van der Waals surface area contributed by atoms with Crippen molar-refractivity contribution in [2.24, 2.45) is 0 Å². The molecule has 0 bridgehead atoms. The molecule has 0 radical (unpaired) electrons. The first kappa shape index (κ1) is 11.6. The molecule has 0 aliphatic carbocycles. The summed E-state index contributed by atoms with van der Waals surface area (Å²) in [5, 5.41) is 37.8. The number of ether oxygens (including phenoxy) is 1. The fourth-order valence-electron chi connectivity index (χ4n) is 1.79. The summed E-state index contributed by atoms with van der Waals surface area (Å²) in [6.45, 7) is -0.442. The molecule has 1 aliphatic rings. The summed E-state index contributed by atoms with van der Waals surface area (Å²) in [7, 11) is 0. The zero-order valence-corrected chi connectivity index (χ0v) is 8.43. The van der Waals surface area contributed by atoms with Crippen molar-refractivity contribution in [2.75, 3.05) is 6.61 Å². The molecule has 2 rings (SSSR count). The van der Waals surface area contributed by atoms with E-state index in [0.717, 1.165) is 0 Å². The summed E-state index contributed by atoms with van der Waals surface area (Å²) in [5.41, 5.74) is 0. The molecule has 1 aliphatic heterocycles. The predicted octanol–water partition coefficient (Wildman–Crippen LogP) is -1.21. The van der Waals surface area contributed by atoms with Gasteiger partial charge in [-0.2, -0.15) is 0 Å². The molecule has 16 heavy (non-hydrogen) atoms. The second-order valence-electron chi connectivity index (χ2n) is 3.76. The predicted molar refractivity (Wildman–Crippen MR) is 51.4 cm³/mol. The maximum absolute atomic E-state index is 9.72. The van der Waals surface area contributed by atoms with Gasteiger partial charge in [-0.05, 0) is 12.1 Å². The first-order valence-corrected chi connectivity index (χ1v) is 4.99. The maximum atomic E-state index is 9.72. The Kier molecular flexibility index (Phi) is 3.27. The highest BCUT2D eigenvalue weighted by Crippen LogP contribution is 2.32. The summed E-state index contributed by atoms with van der Waals surface area (Å²) in [6.07, 6.45) is -4.38. The molecular formula is C10H14O6. The van der Waals surface area contributed by atoms with Crippen LogP contribution in [0.4, 0.5) is 0 Å². The quantitative estimate of drug-likeness (QED) is 0.508. The van der Waals surface area contributed by atoms with Crippen LogP contribution in [-0.4, -0.2) is 51.4 Å². The van der Waals surface area contributed by atoms with Crippen LogP contribution in [0.15, 0.2) is 22.8 Å². The topological polar surface area (TPSA) is 103 Å². The molecule has 6 nitrogen and oxygen atoms in total. The number of rotatable bonds is 2. The van der Waals surface area contributed by atoms with Gasteiger partial charge in [-0.1, -0.05) is 0 Å². The lowest BCUT2D eigenvalue weighted by atomic mass is 9.94. The molecule has 5 atom stereocenters. The smallest absolute Gasteiger partial charge is 0.144 e. The van der Waals surface area contributed by atoms with E-state index in [2.05, 4.69) is 0 Å². The first-order chi connectivity index (χ1) is 7.65. The van der Waals surface area contributed by atoms with E-state index in [1.807, 2.05) is 0 Å². The largest absolute Gasteiger partial charge is 0.466 e. The molecule has 1 aromatic heterocycles. The number of aliphatic hydroxyl groups is 4. The summed E-state index contributed by atoms with van der Waals surface area (Å²) >= 11 is 0. The molecule has 0 spiro atoms. The van der Waals surface area contributed by atoms with Crippen molar-refractivity contribution in [3.63, 3.8) is 0 Å². The van der Waals surface area contributed by atoms with Crippen LogP contribution in [-0.2, 0) is 4.74 Å². The van der Waals surface area contributed by atoms with Crippen molar-refractivity contribution in [3.8, 4) is 0 Å². The van der Waals surface area contributed by atoms with E-state index in [9.17, 15) is 15.3 Å². The number of hydrogen-bond donors (Lipinski definition) is 4. The van der Waals surface area contributed by atoms with Crippen LogP contribution in [0.25, 0.3) is 0 Å². The minimum atomic E-state index is -1.37. The van der Waals surface area contributed by atoms with Crippen molar-refractivity contribution in [2.45, 2.75) is 30.5 Å². The average Bonchev–Trinajstić information content (AvgIpc) is 2.80. The van der Waals surface area contributed by atoms with Crippen LogP contribution < -0.4 is 0 Å². The third-order valence-corrected chi connectivity index (χ3v) is 2.72. The lowest BCUT2D eigenvalue weighted by Crippen LogP contribution is -2.55. The Morgan fingerprint density at radius 3 is 2.44 bits per heavy atom. The van der Waals surface area contributed by atoms with Crippen LogP contribution >= 0.6 is 0 Å². The molecule has 1 fully saturated rings. The van der Waals surface area contributed by atoms with Gasteiger partial charge >= 0.3 is 0 Å². The fraction of sp³-hybridized carbons (Fsp3) is 0.600. The zero-order chi connectivity index (χ0) is 11.7. The normalized spacial score (nSPS) is 39.9. The molecule has 1 aromatic rings. The highest BCUT2D eigenvalue weighted by molar-refractivity contribution is 5.08. The third kappa shape index (κ3) is 1.85. The summed E-state index contributed by atoms with van der Waals surface area (Å²) in [5.74, 6) is 0.344. The van der Waals surface area contributed by atoms with Crippen LogP contribution in [0.5, 0.6) is 0 Å². The van der Waals surface area contributed by atoms with E-state index in [1.54, 1.807) is 12.1 Å². The van der Waals surface area contributed by atoms with E-state index < -0.39 is 37.1 Å². The Morgan fingerprint density at radius 2 is 1.88 bits per heavy atom. The van der Waals surface area contributed by atoms with Gasteiger partial charge in [0.15, 0.2) is 0 Å². The Bertz CT molecular complexity index is 322. The minimum Gasteiger partial charge on any atom is -0.466 e. The van der Waals surface area contributed by atoms with Crippen molar-refractivity contribution in [1.82, 2.24) is 0 Å². The number of hydrogen-bond acceptors (Lipinski definition) is 6. The molecule has 90 valence electrons. The zero-order valence-electron chi connectivity index (χ0n) is 8.43. The van der Waals surface area contributed by atoms with Gasteiger partial charge in [-0.15, -0.1) is 0 Å². The van der Waals surface area contributed by atoms with Crippen molar-refractivity contribution < 1.29 is 29.6 Å². The van der Waals surface area contributed by atoms with Crippen molar-refractivity contribution >= 4 is 0 Å². The molecule has 1 unspecified atom stereocenters. The summed E-state index contributed by atoms with van der Waals surface area (Å²) in [4.78, 5) is 0. The van der Waals surface area contributed by atoms with Crippen molar-refractivity contribution in [3.05, 3.63) is 24.2 Å². The Labute approximate surface area is 91.7 Å². The molecule has 2 heterocycles. The van der Waals surface area contributed by atoms with Gasteiger partial charge in [0.25, 0.3) is 0 Å². The van der Waals surface area contributed by atoms with Crippen LogP contribution in [0.2, 0.25) is 0 Å². The summed E-state index contributed by atoms with van der Waals surface area (Å²) in [6, 6.07) is 3.21. The Hall–Kier alpha value is -0.920. The Morgan fingerprint density at radius 1 is 1.12 bits per heavy atom. The van der Waals surface area contributed by atoms with E-state index in [1.165, 1.54) is 6.26 Å². The van der Waals surface area contributed by atoms with Crippen LogP contribution in [0, 0.1) is 0 Å². The van der Waals surface area contributed by atoms with Gasteiger partial charge in [-0.25, -0.2) is 0 Å². The summed E-state index contributed by atoms with van der Waals surface area (Å²) < 4.78 is 10.3. The number of furan rings is 1. The second-order valence-corrected chi connectivity index (χ2v) is 3.76. The van der Waals surface area contributed by atoms with Gasteiger partial charge < -0.3 is 29.6 Å². The fourth-order valence-corrected chi connectivity index (χ4v) is 1.79.